The molecule has 0 aromatic heterocycles. The molecule has 0 saturated carbocycles. The van der Waals surface area contributed by atoms with Crippen LogP contribution in [0.5, 0.6) is 5.75 Å². The van der Waals surface area contributed by atoms with Gasteiger partial charge in [0, 0.05) is 5.41 Å². The summed E-state index contributed by atoms with van der Waals surface area (Å²) in [5.74, 6) is -0.668. The molecule has 0 unspecified atom stereocenters. The summed E-state index contributed by atoms with van der Waals surface area (Å²) >= 11 is 0. The van der Waals surface area contributed by atoms with Crippen LogP contribution in [0.15, 0.2) is 18.2 Å². The molecule has 0 atom stereocenters. The maximum atomic E-state index is 12.9. The average molecular weight is 269 g/mol. The second kappa shape index (κ2) is 5.64. The van der Waals surface area contributed by atoms with Crippen LogP contribution in [0.4, 0.5) is 10.1 Å². The van der Waals surface area contributed by atoms with Crippen LogP contribution < -0.4 is 10.5 Å². The second-order valence-corrected chi connectivity index (χ2v) is 4.77. The second-order valence-electron chi connectivity index (χ2n) is 4.77. The summed E-state index contributed by atoms with van der Waals surface area (Å²) in [5.41, 5.74) is 4.45. The summed E-state index contributed by atoms with van der Waals surface area (Å²) in [6, 6.07) is 3.12. The fraction of sp³-hybridized carbons (Fsp3) is 0.417. The van der Waals surface area contributed by atoms with E-state index in [0.717, 1.165) is 12.1 Å². The van der Waals surface area contributed by atoms with Gasteiger partial charge < -0.3 is 10.5 Å². The van der Waals surface area contributed by atoms with Gasteiger partial charge in [-0.15, -0.1) is 0 Å². The van der Waals surface area contributed by atoms with E-state index in [0.29, 0.717) is 6.42 Å². The van der Waals surface area contributed by atoms with Crippen molar-refractivity contribution in [3.8, 4) is 5.75 Å². The van der Waals surface area contributed by atoms with Gasteiger partial charge in [0.05, 0.1) is 23.4 Å². The van der Waals surface area contributed by atoms with E-state index < -0.39 is 21.8 Å². The first kappa shape index (κ1) is 14.9. The van der Waals surface area contributed by atoms with Crippen molar-refractivity contribution in [1.82, 2.24) is 0 Å². The van der Waals surface area contributed by atoms with Gasteiger partial charge in [0.15, 0.2) is 5.75 Å². The SMILES string of the molecule is CC(C)(CCOc1ccc(F)cc1[N+](=O)[O-])C(=N)N. The molecule has 0 amide bonds. The summed E-state index contributed by atoms with van der Waals surface area (Å²) in [7, 11) is 0. The smallest absolute Gasteiger partial charge is 0.313 e. The Morgan fingerprint density at radius 2 is 2.21 bits per heavy atom. The molecule has 0 saturated heterocycles. The van der Waals surface area contributed by atoms with Crippen molar-refractivity contribution in [2.45, 2.75) is 20.3 Å². The van der Waals surface area contributed by atoms with Gasteiger partial charge in [0.1, 0.15) is 5.82 Å². The molecule has 1 rings (SSSR count). The van der Waals surface area contributed by atoms with E-state index in [1.54, 1.807) is 13.8 Å². The lowest BCUT2D eigenvalue weighted by Crippen LogP contribution is -2.32. The first-order valence-corrected chi connectivity index (χ1v) is 5.65. The van der Waals surface area contributed by atoms with E-state index in [1.165, 1.54) is 6.07 Å². The molecule has 0 radical (unpaired) electrons. The van der Waals surface area contributed by atoms with E-state index in [9.17, 15) is 14.5 Å². The molecular formula is C12H16FN3O3. The molecule has 7 heteroatoms. The lowest BCUT2D eigenvalue weighted by Gasteiger charge is -2.22. The van der Waals surface area contributed by atoms with Gasteiger partial charge in [-0.05, 0) is 18.6 Å². The summed E-state index contributed by atoms with van der Waals surface area (Å²) in [4.78, 5) is 10.0. The Morgan fingerprint density at radius 1 is 1.58 bits per heavy atom. The number of nitrogens with one attached hydrogen (secondary N) is 1. The highest BCUT2D eigenvalue weighted by atomic mass is 19.1. The highest BCUT2D eigenvalue weighted by Crippen LogP contribution is 2.28. The Labute approximate surface area is 110 Å². The molecule has 3 N–H and O–H groups in total. The van der Waals surface area contributed by atoms with Crippen LogP contribution >= 0.6 is 0 Å². The van der Waals surface area contributed by atoms with Crippen molar-refractivity contribution in [1.29, 1.82) is 5.41 Å². The van der Waals surface area contributed by atoms with Crippen molar-refractivity contribution >= 4 is 11.5 Å². The zero-order valence-electron chi connectivity index (χ0n) is 10.8. The number of amidine groups is 1. The molecule has 19 heavy (non-hydrogen) atoms. The summed E-state index contributed by atoms with van der Waals surface area (Å²) in [5, 5.41) is 18.1. The Kier molecular flexibility index (Phi) is 4.42. The number of nitro benzene ring substituents is 1. The molecule has 6 nitrogen and oxygen atoms in total. The summed E-state index contributed by atoms with van der Waals surface area (Å²) in [6.07, 6.45) is 0.427. The lowest BCUT2D eigenvalue weighted by atomic mass is 9.88. The Morgan fingerprint density at radius 3 is 2.74 bits per heavy atom. The quantitative estimate of drug-likeness (QED) is 0.358. The standard InChI is InChI=1S/C12H16FN3O3/c1-12(2,11(14)15)5-6-19-10-4-3-8(13)7-9(10)16(17)18/h3-4,7H,5-6H2,1-2H3,(H3,14,15). The number of rotatable bonds is 6. The third kappa shape index (κ3) is 3.90. The third-order valence-electron chi connectivity index (χ3n) is 2.83. The van der Waals surface area contributed by atoms with Gasteiger partial charge in [0.2, 0.25) is 0 Å². The Hall–Kier alpha value is -2.18. The van der Waals surface area contributed by atoms with Gasteiger partial charge in [-0.1, -0.05) is 13.8 Å². The monoisotopic (exact) mass is 269 g/mol. The lowest BCUT2D eigenvalue weighted by molar-refractivity contribution is -0.386. The predicted molar refractivity (Wildman–Crippen MR) is 68.9 cm³/mol. The van der Waals surface area contributed by atoms with Crippen molar-refractivity contribution in [3.05, 3.63) is 34.1 Å². The average Bonchev–Trinajstić information content (AvgIpc) is 2.30. The van der Waals surface area contributed by atoms with E-state index in [4.69, 9.17) is 15.9 Å². The van der Waals surface area contributed by atoms with Gasteiger partial charge in [0.25, 0.3) is 0 Å². The molecule has 0 bridgehead atoms. The van der Waals surface area contributed by atoms with E-state index in [-0.39, 0.29) is 18.2 Å². The minimum Gasteiger partial charge on any atom is -0.487 e. The number of benzene rings is 1. The first-order chi connectivity index (χ1) is 8.74. The number of hydrogen-bond donors (Lipinski definition) is 2. The Balaban J connectivity index is 2.74. The molecule has 1 aromatic carbocycles. The number of ether oxygens (including phenoxy) is 1. The molecule has 0 aliphatic rings. The molecule has 0 aliphatic heterocycles. The highest BCUT2D eigenvalue weighted by Gasteiger charge is 2.22. The van der Waals surface area contributed by atoms with Gasteiger partial charge >= 0.3 is 5.69 Å². The van der Waals surface area contributed by atoms with Crippen LogP contribution in [0.2, 0.25) is 0 Å². The minimum atomic E-state index is -0.700. The number of hydrogen-bond acceptors (Lipinski definition) is 4. The zero-order chi connectivity index (χ0) is 14.6. The van der Waals surface area contributed by atoms with E-state index in [1.807, 2.05) is 0 Å². The number of nitro groups is 1. The van der Waals surface area contributed by atoms with Crippen LogP contribution in [0.3, 0.4) is 0 Å². The molecule has 0 aliphatic carbocycles. The summed E-state index contributed by atoms with van der Waals surface area (Å²) < 4.78 is 18.2. The fourth-order valence-electron chi connectivity index (χ4n) is 1.31. The number of nitrogens with two attached hydrogens (primary N) is 1. The largest absolute Gasteiger partial charge is 0.487 e. The Bertz CT molecular complexity index is 503. The topological polar surface area (TPSA) is 102 Å². The maximum absolute atomic E-state index is 12.9. The first-order valence-electron chi connectivity index (χ1n) is 5.65. The third-order valence-corrected chi connectivity index (χ3v) is 2.83. The van der Waals surface area contributed by atoms with E-state index in [2.05, 4.69) is 0 Å². The summed E-state index contributed by atoms with van der Waals surface area (Å²) in [6.45, 7) is 3.70. The van der Waals surface area contributed by atoms with Crippen molar-refractivity contribution in [2.75, 3.05) is 6.61 Å². The van der Waals surface area contributed by atoms with Crippen LogP contribution in [-0.4, -0.2) is 17.4 Å². The van der Waals surface area contributed by atoms with Crippen molar-refractivity contribution < 1.29 is 14.1 Å². The number of halogens is 1. The molecule has 0 spiro atoms. The number of nitrogens with zero attached hydrogens (tertiary/aromatic N) is 1. The normalized spacial score (nSPS) is 11.1. The van der Waals surface area contributed by atoms with Crippen LogP contribution in [0, 0.1) is 26.8 Å². The minimum absolute atomic E-state index is 0.00533. The van der Waals surface area contributed by atoms with Gasteiger partial charge in [-0.2, -0.15) is 0 Å². The molecule has 0 fully saturated rings. The van der Waals surface area contributed by atoms with Crippen LogP contribution in [0.1, 0.15) is 20.3 Å². The van der Waals surface area contributed by atoms with Crippen molar-refractivity contribution in [2.24, 2.45) is 11.1 Å². The highest BCUT2D eigenvalue weighted by molar-refractivity contribution is 5.82. The molecular weight excluding hydrogens is 253 g/mol. The van der Waals surface area contributed by atoms with Crippen LogP contribution in [-0.2, 0) is 0 Å². The fourth-order valence-corrected chi connectivity index (χ4v) is 1.31. The van der Waals surface area contributed by atoms with Crippen LogP contribution in [0.25, 0.3) is 0 Å². The molecule has 104 valence electrons. The van der Waals surface area contributed by atoms with E-state index >= 15 is 0 Å². The molecule has 0 heterocycles. The van der Waals surface area contributed by atoms with Gasteiger partial charge in [-0.25, -0.2) is 4.39 Å². The van der Waals surface area contributed by atoms with Gasteiger partial charge in [-0.3, -0.25) is 15.5 Å². The predicted octanol–water partition coefficient (Wildman–Crippen LogP) is 2.46. The molecule has 1 aromatic rings. The zero-order valence-corrected chi connectivity index (χ0v) is 10.8. The maximum Gasteiger partial charge on any atom is 0.313 e. The van der Waals surface area contributed by atoms with Crippen molar-refractivity contribution in [3.63, 3.8) is 0 Å².